The highest BCUT2D eigenvalue weighted by molar-refractivity contribution is 5.69. The van der Waals surface area contributed by atoms with Gasteiger partial charge in [-0.1, -0.05) is 0 Å². The molecule has 0 bridgehead atoms. The van der Waals surface area contributed by atoms with Crippen molar-refractivity contribution in [3.05, 3.63) is 23.1 Å². The fraction of sp³-hybridized carbons (Fsp3) is 0.333. The number of methoxy groups -OCH3 is 1. The van der Waals surface area contributed by atoms with Crippen LogP contribution in [-0.4, -0.2) is 20.3 Å². The third kappa shape index (κ3) is 2.70. The van der Waals surface area contributed by atoms with Gasteiger partial charge in [0, 0.05) is 35.9 Å². The number of ether oxygens (including phenoxy) is 1. The minimum Gasteiger partial charge on any atom is -0.397 e. The first-order valence-corrected chi connectivity index (χ1v) is 4.28. The van der Waals surface area contributed by atoms with Gasteiger partial charge >= 0.3 is 0 Å². The molecule has 0 fully saturated rings. The van der Waals surface area contributed by atoms with Crippen LogP contribution in [0.5, 0.6) is 0 Å². The van der Waals surface area contributed by atoms with Crippen LogP contribution in [0.1, 0.15) is 0 Å². The highest BCUT2D eigenvalue weighted by atomic mass is 16.5. The smallest absolute Gasteiger partial charge is 0.255 e. The second-order valence-electron chi connectivity index (χ2n) is 2.82. The molecule has 0 saturated heterocycles. The van der Waals surface area contributed by atoms with Gasteiger partial charge < -0.3 is 15.8 Å². The normalized spacial score (nSPS) is 9.79. The molecule has 0 amide bonds. The lowest BCUT2D eigenvalue weighted by atomic mass is 10.2. The van der Waals surface area contributed by atoms with Gasteiger partial charge in [-0.3, -0.25) is 0 Å². The second kappa shape index (κ2) is 5.18. The van der Waals surface area contributed by atoms with E-state index in [0.29, 0.717) is 24.5 Å². The van der Waals surface area contributed by atoms with Crippen LogP contribution in [0.3, 0.4) is 0 Å². The first-order chi connectivity index (χ1) is 6.77. The molecule has 0 saturated carbocycles. The minimum atomic E-state index is 0.458. The van der Waals surface area contributed by atoms with Crippen LogP contribution < -0.4 is 16.2 Å². The predicted molar refractivity (Wildman–Crippen MR) is 55.2 cm³/mol. The number of anilines is 2. The third-order valence-corrected chi connectivity index (χ3v) is 1.79. The summed E-state index contributed by atoms with van der Waals surface area (Å²) in [6.07, 6.45) is 0. The molecule has 14 heavy (non-hydrogen) atoms. The number of nitrogen functional groups attached to an aromatic ring is 1. The van der Waals surface area contributed by atoms with Crippen molar-refractivity contribution in [2.24, 2.45) is 0 Å². The van der Waals surface area contributed by atoms with Crippen molar-refractivity contribution < 1.29 is 9.91 Å². The van der Waals surface area contributed by atoms with Crippen LogP contribution in [0.2, 0.25) is 0 Å². The van der Waals surface area contributed by atoms with Crippen LogP contribution in [-0.2, 0) is 4.74 Å². The molecule has 0 aliphatic carbocycles. The molecule has 76 valence electrons. The fourth-order valence-corrected chi connectivity index (χ4v) is 1.07. The van der Waals surface area contributed by atoms with E-state index in [-0.39, 0.29) is 0 Å². The van der Waals surface area contributed by atoms with E-state index in [1.165, 1.54) is 0 Å². The van der Waals surface area contributed by atoms with Gasteiger partial charge in [0.25, 0.3) is 5.69 Å². The third-order valence-electron chi connectivity index (χ3n) is 1.79. The number of benzene rings is 1. The number of nitrogens with two attached hydrogens (primary N) is 1. The molecular weight excluding hydrogens is 182 g/mol. The van der Waals surface area contributed by atoms with Gasteiger partial charge in [0.05, 0.1) is 18.0 Å². The van der Waals surface area contributed by atoms with Crippen molar-refractivity contribution in [3.8, 4) is 0 Å². The highest BCUT2D eigenvalue weighted by Crippen LogP contribution is 2.19. The lowest BCUT2D eigenvalue weighted by Crippen LogP contribution is -2.55. The van der Waals surface area contributed by atoms with E-state index >= 15 is 0 Å². The molecule has 0 aliphatic rings. The summed E-state index contributed by atoms with van der Waals surface area (Å²) < 4.78 is 4.88. The maximum absolute atomic E-state index is 10.3. The van der Waals surface area contributed by atoms with Crippen molar-refractivity contribution in [2.45, 2.75) is 0 Å². The lowest BCUT2D eigenvalue weighted by Gasteiger charge is -2.07. The molecule has 0 spiro atoms. The molecular formula is C9H14N3O2+. The zero-order chi connectivity index (χ0) is 10.4. The number of hydrogen-bond acceptors (Lipinski definition) is 4. The Hall–Kier alpha value is -1.62. The van der Waals surface area contributed by atoms with Crippen LogP contribution in [0.25, 0.3) is 0 Å². The van der Waals surface area contributed by atoms with Gasteiger partial charge in [0.15, 0.2) is 0 Å². The van der Waals surface area contributed by atoms with E-state index in [2.05, 4.69) is 5.32 Å². The maximum atomic E-state index is 10.3. The Kier molecular flexibility index (Phi) is 3.87. The van der Waals surface area contributed by atoms with Gasteiger partial charge in [0.1, 0.15) is 0 Å². The Morgan fingerprint density at radius 3 is 2.93 bits per heavy atom. The van der Waals surface area contributed by atoms with E-state index in [1.807, 2.05) is 0 Å². The molecule has 0 aromatic heterocycles. The molecule has 5 nitrogen and oxygen atoms in total. The minimum absolute atomic E-state index is 0.458. The summed E-state index contributed by atoms with van der Waals surface area (Å²) in [5, 5.41) is 4.87. The van der Waals surface area contributed by atoms with E-state index in [9.17, 15) is 4.91 Å². The topological polar surface area (TPSA) is 78.3 Å². The van der Waals surface area contributed by atoms with Crippen molar-refractivity contribution >= 4 is 17.1 Å². The Morgan fingerprint density at radius 2 is 2.36 bits per heavy atom. The zero-order valence-electron chi connectivity index (χ0n) is 8.04. The SMILES string of the molecule is COCCNc1ccc([NH+]=O)cc1N. The highest BCUT2D eigenvalue weighted by Gasteiger charge is 2.03. The summed E-state index contributed by atoms with van der Waals surface area (Å²) in [7, 11) is 1.63. The lowest BCUT2D eigenvalue weighted by molar-refractivity contribution is -0.379. The van der Waals surface area contributed by atoms with Crippen molar-refractivity contribution in [2.75, 3.05) is 31.3 Å². The van der Waals surface area contributed by atoms with Gasteiger partial charge in [-0.15, -0.1) is 0 Å². The Labute approximate surface area is 82.2 Å². The molecule has 1 aromatic carbocycles. The molecule has 1 aromatic rings. The van der Waals surface area contributed by atoms with E-state index in [0.717, 1.165) is 5.69 Å². The van der Waals surface area contributed by atoms with Gasteiger partial charge in [-0.2, -0.15) is 0 Å². The van der Waals surface area contributed by atoms with E-state index in [1.54, 1.807) is 30.5 Å². The van der Waals surface area contributed by atoms with Crippen molar-refractivity contribution in [1.82, 2.24) is 0 Å². The Morgan fingerprint density at radius 1 is 1.57 bits per heavy atom. The number of nitrogens with one attached hydrogen (secondary N) is 2. The summed E-state index contributed by atoms with van der Waals surface area (Å²) in [5.41, 5.74) is 7.51. The summed E-state index contributed by atoms with van der Waals surface area (Å²) in [6.45, 7) is 1.30. The number of rotatable bonds is 5. The predicted octanol–water partition coefficient (Wildman–Crippen LogP) is -0.194. The molecule has 0 aliphatic heterocycles. The van der Waals surface area contributed by atoms with Gasteiger partial charge in [0.2, 0.25) is 0 Å². The average Bonchev–Trinajstić information content (AvgIpc) is 2.20. The van der Waals surface area contributed by atoms with Crippen LogP contribution in [0.4, 0.5) is 17.1 Å². The first kappa shape index (κ1) is 10.5. The fourth-order valence-electron chi connectivity index (χ4n) is 1.07. The summed E-state index contributed by atoms with van der Waals surface area (Å²) in [5.74, 6) is 0. The molecule has 0 atom stereocenters. The van der Waals surface area contributed by atoms with Gasteiger partial charge in [-0.25, -0.2) is 0 Å². The van der Waals surface area contributed by atoms with Crippen molar-refractivity contribution in [3.63, 3.8) is 0 Å². The molecule has 1 rings (SSSR count). The largest absolute Gasteiger partial charge is 0.397 e. The first-order valence-electron chi connectivity index (χ1n) is 4.28. The monoisotopic (exact) mass is 196 g/mol. The molecule has 0 heterocycles. The standard InChI is InChI=1S/C9H13N3O2/c1-14-5-4-11-9-3-2-7(12-13)6-8(9)10/h2-3,6,11H,4-5,10H2,1H3/p+1. The quantitative estimate of drug-likeness (QED) is 0.450. The zero-order valence-corrected chi connectivity index (χ0v) is 8.04. The molecule has 0 radical (unpaired) electrons. The van der Waals surface area contributed by atoms with Crippen LogP contribution >= 0.6 is 0 Å². The Balaban J connectivity index is 2.64. The summed E-state index contributed by atoms with van der Waals surface area (Å²) >= 11 is 0. The molecule has 0 unspecified atom stereocenters. The van der Waals surface area contributed by atoms with Crippen molar-refractivity contribution in [1.29, 1.82) is 0 Å². The van der Waals surface area contributed by atoms with Crippen LogP contribution in [0.15, 0.2) is 18.2 Å². The van der Waals surface area contributed by atoms with Gasteiger partial charge in [-0.05, 0) is 6.07 Å². The van der Waals surface area contributed by atoms with E-state index < -0.39 is 0 Å². The molecule has 5 heteroatoms. The summed E-state index contributed by atoms with van der Waals surface area (Å²) in [6, 6.07) is 5.01. The number of hydrogen-bond donors (Lipinski definition) is 3. The van der Waals surface area contributed by atoms with Crippen LogP contribution in [0, 0.1) is 4.91 Å². The molecule has 4 N–H and O–H groups in total. The Bertz CT molecular complexity index is 315. The average molecular weight is 196 g/mol. The summed E-state index contributed by atoms with van der Waals surface area (Å²) in [4.78, 5) is 10.3. The number of nitroso groups, excluding NO2 is 1. The maximum Gasteiger partial charge on any atom is 0.255 e. The van der Waals surface area contributed by atoms with E-state index in [4.69, 9.17) is 10.5 Å². The second-order valence-corrected chi connectivity index (χ2v) is 2.82.